The quantitative estimate of drug-likeness (QED) is 0.648. The standard InChI is InChI=1S/C10H21NO/c1-8(2)11-7-5-6-9(12)10(11,3)4/h8-9,12H,5-7H2,1-4H3. The lowest BCUT2D eigenvalue weighted by Gasteiger charge is -2.48. The van der Waals surface area contributed by atoms with Crippen LogP contribution in [0.25, 0.3) is 0 Å². The summed E-state index contributed by atoms with van der Waals surface area (Å²) < 4.78 is 0. The van der Waals surface area contributed by atoms with E-state index in [9.17, 15) is 5.11 Å². The predicted molar refractivity (Wildman–Crippen MR) is 51.2 cm³/mol. The molecule has 1 saturated heterocycles. The number of aliphatic hydroxyl groups excluding tert-OH is 1. The summed E-state index contributed by atoms with van der Waals surface area (Å²) in [7, 11) is 0. The van der Waals surface area contributed by atoms with E-state index in [1.54, 1.807) is 0 Å². The minimum atomic E-state index is -0.159. The first-order valence-corrected chi connectivity index (χ1v) is 4.91. The van der Waals surface area contributed by atoms with E-state index < -0.39 is 0 Å². The second kappa shape index (κ2) is 3.35. The van der Waals surface area contributed by atoms with Gasteiger partial charge in [0, 0.05) is 11.6 Å². The molecule has 1 unspecified atom stereocenters. The van der Waals surface area contributed by atoms with Crippen molar-refractivity contribution in [3.8, 4) is 0 Å². The highest BCUT2D eigenvalue weighted by Gasteiger charge is 2.38. The number of likely N-dealkylation sites (tertiary alicyclic amines) is 1. The molecule has 0 aromatic carbocycles. The van der Waals surface area contributed by atoms with Crippen molar-refractivity contribution in [3.05, 3.63) is 0 Å². The van der Waals surface area contributed by atoms with Gasteiger partial charge in [-0.2, -0.15) is 0 Å². The van der Waals surface area contributed by atoms with Gasteiger partial charge < -0.3 is 5.11 Å². The third kappa shape index (κ3) is 1.64. The van der Waals surface area contributed by atoms with Gasteiger partial charge in [-0.15, -0.1) is 0 Å². The largest absolute Gasteiger partial charge is 0.391 e. The van der Waals surface area contributed by atoms with E-state index >= 15 is 0 Å². The first kappa shape index (κ1) is 10.0. The van der Waals surface area contributed by atoms with Gasteiger partial charge in [-0.3, -0.25) is 4.90 Å². The highest BCUT2D eigenvalue weighted by atomic mass is 16.3. The molecule has 0 aromatic heterocycles. The number of aliphatic hydroxyl groups is 1. The van der Waals surface area contributed by atoms with Gasteiger partial charge in [0.15, 0.2) is 0 Å². The molecule has 0 radical (unpaired) electrons. The van der Waals surface area contributed by atoms with Gasteiger partial charge >= 0.3 is 0 Å². The van der Waals surface area contributed by atoms with Gasteiger partial charge in [-0.1, -0.05) is 0 Å². The van der Waals surface area contributed by atoms with Gasteiger partial charge in [-0.25, -0.2) is 0 Å². The molecule has 1 atom stereocenters. The Labute approximate surface area is 75.6 Å². The number of rotatable bonds is 1. The van der Waals surface area contributed by atoms with Crippen molar-refractivity contribution >= 4 is 0 Å². The van der Waals surface area contributed by atoms with E-state index in [0.29, 0.717) is 6.04 Å². The SMILES string of the molecule is CC(C)N1CCCC(O)C1(C)C. The van der Waals surface area contributed by atoms with Crippen LogP contribution in [0.2, 0.25) is 0 Å². The Morgan fingerprint density at radius 2 is 2.00 bits per heavy atom. The van der Waals surface area contributed by atoms with E-state index in [-0.39, 0.29) is 11.6 Å². The summed E-state index contributed by atoms with van der Waals surface area (Å²) in [4.78, 5) is 2.39. The second-order valence-electron chi connectivity index (χ2n) is 4.60. The summed E-state index contributed by atoms with van der Waals surface area (Å²) in [6.07, 6.45) is 1.92. The summed E-state index contributed by atoms with van der Waals surface area (Å²) in [6.45, 7) is 9.79. The van der Waals surface area contributed by atoms with Crippen LogP contribution in [0.1, 0.15) is 40.5 Å². The Kier molecular flexibility index (Phi) is 2.79. The van der Waals surface area contributed by atoms with Gasteiger partial charge in [-0.05, 0) is 47.1 Å². The molecule has 0 amide bonds. The molecular formula is C10H21NO. The average Bonchev–Trinajstić information content (AvgIpc) is 1.94. The average molecular weight is 171 g/mol. The maximum atomic E-state index is 9.81. The minimum absolute atomic E-state index is 0.0353. The Morgan fingerprint density at radius 1 is 1.42 bits per heavy atom. The first-order chi connectivity index (χ1) is 5.46. The van der Waals surface area contributed by atoms with Gasteiger partial charge in [0.25, 0.3) is 0 Å². The lowest BCUT2D eigenvalue weighted by Crippen LogP contribution is -2.58. The van der Waals surface area contributed by atoms with E-state index in [0.717, 1.165) is 19.4 Å². The summed E-state index contributed by atoms with van der Waals surface area (Å²) in [5.41, 5.74) is -0.0353. The predicted octanol–water partition coefficient (Wildman–Crippen LogP) is 1.63. The molecule has 1 aliphatic heterocycles. The van der Waals surface area contributed by atoms with Crippen molar-refractivity contribution in [1.82, 2.24) is 4.90 Å². The maximum absolute atomic E-state index is 9.81. The van der Waals surface area contributed by atoms with Gasteiger partial charge in [0.1, 0.15) is 0 Å². The van der Waals surface area contributed by atoms with E-state index in [1.807, 2.05) is 0 Å². The first-order valence-electron chi connectivity index (χ1n) is 4.91. The smallest absolute Gasteiger partial charge is 0.0719 e. The number of hydrogen-bond donors (Lipinski definition) is 1. The molecule has 0 aromatic rings. The molecule has 1 N–H and O–H groups in total. The lowest BCUT2D eigenvalue weighted by atomic mass is 9.86. The molecule has 1 fully saturated rings. The molecule has 12 heavy (non-hydrogen) atoms. The van der Waals surface area contributed by atoms with Crippen LogP contribution in [-0.2, 0) is 0 Å². The van der Waals surface area contributed by atoms with Gasteiger partial charge in [0.2, 0.25) is 0 Å². The van der Waals surface area contributed by atoms with Crippen LogP contribution in [0.15, 0.2) is 0 Å². The third-order valence-corrected chi connectivity index (χ3v) is 3.06. The molecule has 1 rings (SSSR count). The minimum Gasteiger partial charge on any atom is -0.391 e. The molecule has 1 aliphatic rings. The zero-order valence-electron chi connectivity index (χ0n) is 8.67. The molecule has 1 heterocycles. The summed E-state index contributed by atoms with van der Waals surface area (Å²) in [6, 6.07) is 0.537. The fraction of sp³-hybridized carbons (Fsp3) is 1.00. The fourth-order valence-electron chi connectivity index (χ4n) is 2.21. The van der Waals surface area contributed by atoms with Crippen LogP contribution >= 0.6 is 0 Å². The molecule has 0 spiro atoms. The van der Waals surface area contributed by atoms with Crippen molar-refractivity contribution in [3.63, 3.8) is 0 Å². The van der Waals surface area contributed by atoms with Crippen molar-refractivity contribution in [2.24, 2.45) is 0 Å². The molecule has 2 nitrogen and oxygen atoms in total. The highest BCUT2D eigenvalue weighted by molar-refractivity contribution is 4.93. The Balaban J connectivity index is 2.72. The number of hydrogen-bond acceptors (Lipinski definition) is 2. The highest BCUT2D eigenvalue weighted by Crippen LogP contribution is 2.29. The molecular weight excluding hydrogens is 150 g/mol. The molecule has 0 bridgehead atoms. The maximum Gasteiger partial charge on any atom is 0.0719 e. The van der Waals surface area contributed by atoms with E-state index in [4.69, 9.17) is 0 Å². The van der Waals surface area contributed by atoms with Crippen molar-refractivity contribution in [1.29, 1.82) is 0 Å². The van der Waals surface area contributed by atoms with E-state index in [2.05, 4.69) is 32.6 Å². The van der Waals surface area contributed by atoms with Crippen molar-refractivity contribution < 1.29 is 5.11 Å². The normalized spacial score (nSPS) is 31.0. The number of nitrogens with zero attached hydrogens (tertiary/aromatic N) is 1. The Hall–Kier alpha value is -0.0800. The topological polar surface area (TPSA) is 23.5 Å². The summed E-state index contributed by atoms with van der Waals surface area (Å²) >= 11 is 0. The number of piperidine rings is 1. The summed E-state index contributed by atoms with van der Waals surface area (Å²) in [5.74, 6) is 0. The molecule has 72 valence electrons. The Bertz CT molecular complexity index is 154. The monoisotopic (exact) mass is 171 g/mol. The van der Waals surface area contributed by atoms with Crippen molar-refractivity contribution in [2.75, 3.05) is 6.54 Å². The molecule has 0 aliphatic carbocycles. The van der Waals surface area contributed by atoms with Crippen LogP contribution < -0.4 is 0 Å². The molecule has 2 heteroatoms. The summed E-state index contributed by atoms with van der Waals surface area (Å²) in [5, 5.41) is 9.81. The molecule has 0 saturated carbocycles. The zero-order chi connectivity index (χ0) is 9.35. The van der Waals surface area contributed by atoms with Crippen LogP contribution in [0, 0.1) is 0 Å². The van der Waals surface area contributed by atoms with Crippen LogP contribution in [0.3, 0.4) is 0 Å². The Morgan fingerprint density at radius 3 is 2.42 bits per heavy atom. The van der Waals surface area contributed by atoms with Crippen LogP contribution in [-0.4, -0.2) is 34.2 Å². The lowest BCUT2D eigenvalue weighted by molar-refractivity contribution is -0.0586. The fourth-order valence-corrected chi connectivity index (χ4v) is 2.21. The van der Waals surface area contributed by atoms with Crippen LogP contribution in [0.5, 0.6) is 0 Å². The van der Waals surface area contributed by atoms with Crippen LogP contribution in [0.4, 0.5) is 0 Å². The zero-order valence-corrected chi connectivity index (χ0v) is 8.67. The van der Waals surface area contributed by atoms with Gasteiger partial charge in [0.05, 0.1) is 6.10 Å². The van der Waals surface area contributed by atoms with E-state index in [1.165, 1.54) is 0 Å². The van der Waals surface area contributed by atoms with Crippen molar-refractivity contribution in [2.45, 2.75) is 58.2 Å². The second-order valence-corrected chi connectivity index (χ2v) is 4.60. The third-order valence-electron chi connectivity index (χ3n) is 3.06.